The van der Waals surface area contributed by atoms with Crippen molar-refractivity contribution in [3.05, 3.63) is 42.0 Å². The first-order valence-electron chi connectivity index (χ1n) is 25.6. The maximum Gasteiger partial charge on any atom is 0.397 e. The van der Waals surface area contributed by atoms with Gasteiger partial charge >= 0.3 is 10.4 Å². The molecule has 9 unspecified atom stereocenters. The second-order valence-corrected chi connectivity index (χ2v) is 20.3. The normalized spacial score (nSPS) is 35.8. The van der Waals surface area contributed by atoms with Gasteiger partial charge in [0.1, 0.15) is 97.1 Å². The zero-order valence-electron chi connectivity index (χ0n) is 43.3. The van der Waals surface area contributed by atoms with E-state index >= 15 is 0 Å². The molecule has 4 aliphatic heterocycles. The number of unbranched alkanes of at least 4 members (excludes halogenated alkanes) is 5. The summed E-state index contributed by atoms with van der Waals surface area (Å²) in [6, 6.07) is 0.840. The van der Waals surface area contributed by atoms with Gasteiger partial charge in [0.25, 0.3) is 0 Å². The second-order valence-electron chi connectivity index (χ2n) is 19.3. The van der Waals surface area contributed by atoms with E-state index in [0.717, 1.165) is 40.0 Å². The van der Waals surface area contributed by atoms with E-state index in [0.29, 0.717) is 17.9 Å². The van der Waals surface area contributed by atoms with Crippen LogP contribution in [0, 0.1) is 0 Å². The molecule has 0 spiro atoms. The molecule has 4 saturated heterocycles. The number of hydrogen-bond acceptors (Lipinski definition) is 24. The fourth-order valence-corrected chi connectivity index (χ4v) is 9.74. The second kappa shape index (κ2) is 30.8. The minimum atomic E-state index is -5.15. The van der Waals surface area contributed by atoms with Gasteiger partial charge in [0, 0.05) is 27.3 Å². The van der Waals surface area contributed by atoms with Crippen molar-refractivity contribution in [2.75, 3.05) is 33.0 Å². The monoisotopic (exact) mass is 1130 g/mol. The predicted molar refractivity (Wildman–Crippen MR) is 263 cm³/mol. The summed E-state index contributed by atoms with van der Waals surface area (Å²) >= 11 is 0. The van der Waals surface area contributed by atoms with E-state index in [1.807, 2.05) is 0 Å². The lowest BCUT2D eigenvalue weighted by atomic mass is 9.93. The van der Waals surface area contributed by atoms with E-state index in [4.69, 9.17) is 37.9 Å². The Hall–Kier alpha value is -3.64. The maximum atomic E-state index is 12.7. The molecule has 0 radical (unpaired) electrons. The van der Waals surface area contributed by atoms with Gasteiger partial charge in [-0.1, -0.05) is 50.5 Å². The Morgan fingerprint density at radius 3 is 1.62 bits per heavy atom. The van der Waals surface area contributed by atoms with Gasteiger partial charge in [-0.05, 0) is 43.4 Å². The zero-order valence-corrected chi connectivity index (χ0v) is 44.1. The molecule has 4 fully saturated rings. The van der Waals surface area contributed by atoms with Crippen molar-refractivity contribution in [3.63, 3.8) is 0 Å². The molecule has 1 aromatic rings. The van der Waals surface area contributed by atoms with Gasteiger partial charge in [-0.3, -0.25) is 18.9 Å². The average molecular weight is 1130 g/mol. The summed E-state index contributed by atoms with van der Waals surface area (Å²) in [6.07, 6.45) is -16.4. The molecular formula is C48H78N4O24S. The van der Waals surface area contributed by atoms with Crippen LogP contribution in [0.15, 0.2) is 36.4 Å². The van der Waals surface area contributed by atoms with Gasteiger partial charge in [-0.25, -0.2) is 4.18 Å². The minimum Gasteiger partial charge on any atom is -0.494 e. The first-order chi connectivity index (χ1) is 36.6. The smallest absolute Gasteiger partial charge is 0.397 e. The van der Waals surface area contributed by atoms with Crippen LogP contribution in [0.1, 0.15) is 78.2 Å². The van der Waals surface area contributed by atoms with Crippen LogP contribution in [0.4, 0.5) is 0 Å². The number of hydrogen-bond donors (Lipinski definition) is 14. The summed E-state index contributed by atoms with van der Waals surface area (Å²) in [7, 11) is -5.15. The van der Waals surface area contributed by atoms with E-state index in [1.54, 1.807) is 24.3 Å². The number of rotatable bonds is 28. The summed E-state index contributed by atoms with van der Waals surface area (Å²) in [5.74, 6) is -1.75. The fraction of sp³-hybridized carbons (Fsp3) is 0.771. The molecule has 29 heteroatoms. The third-order valence-electron chi connectivity index (χ3n) is 13.3. The molecule has 28 nitrogen and oxygen atoms in total. The molecule has 5 rings (SSSR count). The van der Waals surface area contributed by atoms with Crippen LogP contribution in [0.2, 0.25) is 0 Å². The molecule has 3 amide bonds. The highest BCUT2D eigenvalue weighted by molar-refractivity contribution is 7.80. The van der Waals surface area contributed by atoms with Gasteiger partial charge in [0.15, 0.2) is 25.2 Å². The fourth-order valence-electron chi connectivity index (χ4n) is 9.44. The molecule has 0 bridgehead atoms. The summed E-state index contributed by atoms with van der Waals surface area (Å²) in [5, 5.41) is 110. The van der Waals surface area contributed by atoms with Crippen molar-refractivity contribution >= 4 is 28.1 Å². The molecule has 0 aliphatic carbocycles. The molecule has 440 valence electrons. The summed E-state index contributed by atoms with van der Waals surface area (Å²) in [4.78, 5) is 37.3. The predicted octanol–water partition coefficient (Wildman–Crippen LogP) is -4.01. The Bertz CT molecular complexity index is 2130. The molecule has 4 heterocycles. The molecule has 77 heavy (non-hydrogen) atoms. The van der Waals surface area contributed by atoms with E-state index < -0.39 is 177 Å². The first kappa shape index (κ1) is 64.2. The number of allylic oxidation sites excluding steroid dienone is 2. The average Bonchev–Trinajstić information content (AvgIpc) is 3.37. The van der Waals surface area contributed by atoms with Crippen molar-refractivity contribution in [3.8, 4) is 5.75 Å². The molecule has 0 saturated carbocycles. The van der Waals surface area contributed by atoms with Crippen LogP contribution in [0.5, 0.6) is 5.75 Å². The van der Waals surface area contributed by atoms with Crippen LogP contribution in [-0.2, 0) is 68.7 Å². The summed E-state index contributed by atoms with van der Waals surface area (Å²) in [5.41, 5.74) is 0.693. The highest BCUT2D eigenvalue weighted by Gasteiger charge is 2.56. The summed E-state index contributed by atoms with van der Waals surface area (Å²) < 4.78 is 84.3. The van der Waals surface area contributed by atoms with E-state index in [1.165, 1.54) is 25.7 Å². The highest BCUT2D eigenvalue weighted by Crippen LogP contribution is 2.35. The third kappa shape index (κ3) is 18.4. The zero-order chi connectivity index (χ0) is 56.6. The van der Waals surface area contributed by atoms with E-state index in [9.17, 15) is 73.3 Å². The van der Waals surface area contributed by atoms with Gasteiger partial charge in [0.2, 0.25) is 17.7 Å². The van der Waals surface area contributed by atoms with Crippen molar-refractivity contribution in [2.45, 2.75) is 202 Å². The minimum absolute atomic E-state index is 0.0545. The van der Waals surface area contributed by atoms with Gasteiger partial charge < -0.3 is 105 Å². The lowest BCUT2D eigenvalue weighted by Gasteiger charge is -2.51. The van der Waals surface area contributed by atoms with E-state index in [2.05, 4.69) is 44.5 Å². The van der Waals surface area contributed by atoms with Crippen LogP contribution in [0.3, 0.4) is 0 Å². The first-order valence-corrected chi connectivity index (χ1v) is 27.0. The Labute approximate surface area is 446 Å². The number of ether oxygens (including phenoxy) is 8. The van der Waals surface area contributed by atoms with Crippen LogP contribution < -0.4 is 26.0 Å². The maximum absolute atomic E-state index is 12.7. The van der Waals surface area contributed by atoms with Crippen LogP contribution >= 0.6 is 0 Å². The largest absolute Gasteiger partial charge is 0.494 e. The standard InChI is InChI=1S/C48H78N4O24S/c1-5-6-7-8-9-10-11-12-13-17-68-28-16-14-15-27(18-28)19-49-34-38(60)37(59)29(20-53)71-46(34)74-42-30(21-54)72-47(35(40(42)62)51-25(3)57)75-43-31(22-55)73-48(36(41(43)63)52-26(4)58)76-44-32(23-69-77(65,66)67)70-45(64)33(39(44)61)50-24(2)56/h10-11,14-16,18,29-49,53-55,59-64H,5-9,12-13,17,19-23H2,1-4H3,(H,50,56)(H,51,57)(H,52,58)(H,65,66,67)/b11-10-/t29?,30-,31?,32-,33?,34?,35?,36?,37+,38-,39?,40?,41-,42-,43+,44-,45?,46+,47-,48+/m1/s1. The summed E-state index contributed by atoms with van der Waals surface area (Å²) in [6.45, 7) is 2.05. The quantitative estimate of drug-likeness (QED) is 0.0216. The topological polar surface area (TPSA) is 419 Å². The van der Waals surface area contributed by atoms with E-state index in [-0.39, 0.29) is 6.54 Å². The van der Waals surface area contributed by atoms with Gasteiger partial charge in [-0.2, -0.15) is 8.42 Å². The Kier molecular flexibility index (Phi) is 25.7. The number of benzene rings is 1. The number of nitrogens with one attached hydrogen (secondary N) is 4. The lowest BCUT2D eigenvalue weighted by molar-refractivity contribution is -0.362. The number of aliphatic hydroxyl groups is 9. The Morgan fingerprint density at radius 2 is 1.10 bits per heavy atom. The lowest BCUT2D eigenvalue weighted by Crippen LogP contribution is -2.71. The van der Waals surface area contributed by atoms with Crippen molar-refractivity contribution in [1.82, 2.24) is 21.3 Å². The number of carbonyl (C=O) groups excluding carboxylic acids is 3. The molecule has 0 aromatic heterocycles. The molecule has 20 atom stereocenters. The van der Waals surface area contributed by atoms with Crippen molar-refractivity contribution in [1.29, 1.82) is 0 Å². The number of amides is 3. The van der Waals surface area contributed by atoms with Gasteiger partial charge in [0.05, 0.1) is 39.1 Å². The number of carbonyl (C=O) groups is 3. The third-order valence-corrected chi connectivity index (χ3v) is 13.7. The molecule has 4 aliphatic rings. The van der Waals surface area contributed by atoms with Crippen LogP contribution in [0.25, 0.3) is 0 Å². The molecule has 1 aromatic carbocycles. The van der Waals surface area contributed by atoms with Crippen molar-refractivity contribution < 1.29 is 115 Å². The Balaban J connectivity index is 1.32. The molecular weight excluding hydrogens is 1050 g/mol. The number of aliphatic hydroxyl groups excluding tert-OH is 9. The van der Waals surface area contributed by atoms with Crippen LogP contribution in [-0.4, -0.2) is 232 Å². The highest BCUT2D eigenvalue weighted by atomic mass is 32.3. The Morgan fingerprint density at radius 1 is 0.610 bits per heavy atom. The van der Waals surface area contributed by atoms with Crippen molar-refractivity contribution in [2.24, 2.45) is 0 Å². The molecule has 14 N–H and O–H groups in total. The SMILES string of the molecule is CCCCCC/C=C\CCCOc1cccc(CNC2[C@H](O[C@H]3C(O)C(NC(C)=O)[C@@H](O[C@H]4C(CO)O[C@@H](O[C@H]5C(O)C(NC(C)=O)C(O)O[C@@H]5COS(=O)(=O)O)C(NC(C)=O)[C@H]4O)O[C@@H]3CO)OC(CO)[C@H](O)[C@@H]2O)c1. The van der Waals surface area contributed by atoms with Gasteiger partial charge in [-0.15, -0.1) is 0 Å².